The van der Waals surface area contributed by atoms with Gasteiger partial charge in [0.05, 0.1) is 41.5 Å². The van der Waals surface area contributed by atoms with Gasteiger partial charge in [-0.3, -0.25) is 0 Å². The van der Waals surface area contributed by atoms with Crippen LogP contribution in [0.5, 0.6) is 0 Å². The third kappa shape index (κ3) is 4.47. The second-order valence-corrected chi connectivity index (χ2v) is 9.48. The van der Waals surface area contributed by atoms with Crippen molar-refractivity contribution in [3.63, 3.8) is 0 Å². The van der Waals surface area contributed by atoms with Crippen molar-refractivity contribution < 1.29 is 28.0 Å². The van der Waals surface area contributed by atoms with E-state index in [0.717, 1.165) is 5.52 Å². The zero-order chi connectivity index (χ0) is 24.7. The summed E-state index contributed by atoms with van der Waals surface area (Å²) >= 11 is 0. The van der Waals surface area contributed by atoms with Crippen LogP contribution in [0.4, 0.5) is 4.39 Å². The molecule has 1 aliphatic rings. The number of nitrogens with zero attached hydrogens (tertiary/aromatic N) is 2. The van der Waals surface area contributed by atoms with Crippen LogP contribution in [-0.4, -0.2) is 54.7 Å². The van der Waals surface area contributed by atoms with Crippen LogP contribution >= 0.6 is 0 Å². The molecule has 1 saturated heterocycles. The Balaban J connectivity index is 1.65. The third-order valence-electron chi connectivity index (χ3n) is 6.72. The smallest absolute Gasteiger partial charge is 0.465 e. The Bertz CT molecular complexity index is 1210. The summed E-state index contributed by atoms with van der Waals surface area (Å²) in [5.74, 6) is -0.101. The number of esters is 1. The molecule has 1 fully saturated rings. The number of ether oxygens (including phenoxy) is 2. The predicted molar refractivity (Wildman–Crippen MR) is 128 cm³/mol. The Hall–Kier alpha value is -2.75. The first-order chi connectivity index (χ1) is 16.1. The maximum absolute atomic E-state index is 15.2. The first-order valence-corrected chi connectivity index (χ1v) is 11.3. The Kier molecular flexibility index (Phi) is 6.55. The lowest BCUT2D eigenvalue weighted by molar-refractivity contribution is 0.00578. The molecule has 0 atom stereocenters. The van der Waals surface area contributed by atoms with E-state index >= 15 is 4.39 Å². The van der Waals surface area contributed by atoms with Crippen molar-refractivity contribution in [3.05, 3.63) is 59.2 Å². The molecular formula is C25H30BFN2O5. The van der Waals surface area contributed by atoms with Crippen molar-refractivity contribution >= 4 is 29.6 Å². The lowest BCUT2D eigenvalue weighted by Crippen LogP contribution is -2.41. The minimum Gasteiger partial charge on any atom is -0.465 e. The Morgan fingerprint density at radius 1 is 1.09 bits per heavy atom. The molecule has 1 aliphatic heterocycles. The summed E-state index contributed by atoms with van der Waals surface area (Å²) in [6, 6.07) is 10.2. The van der Waals surface area contributed by atoms with Crippen molar-refractivity contribution in [1.82, 2.24) is 9.55 Å². The average Bonchev–Trinajstić information content (AvgIpc) is 3.24. The van der Waals surface area contributed by atoms with Gasteiger partial charge in [0.15, 0.2) is 0 Å². The lowest BCUT2D eigenvalue weighted by Gasteiger charge is -2.32. The molecule has 1 aromatic heterocycles. The van der Waals surface area contributed by atoms with Gasteiger partial charge in [-0.05, 0) is 63.0 Å². The van der Waals surface area contributed by atoms with E-state index in [-0.39, 0.29) is 12.2 Å². The average molecular weight is 468 g/mol. The SMILES string of the molecule is COCCn1c(Cc2ccc(B3OC(C)(C)C(C)(C)O3)cc2F)nc2ccc(C(=O)OC)cc21. The van der Waals surface area contributed by atoms with Crippen LogP contribution in [-0.2, 0) is 31.7 Å². The van der Waals surface area contributed by atoms with Gasteiger partial charge < -0.3 is 23.3 Å². The van der Waals surface area contributed by atoms with E-state index in [1.54, 1.807) is 31.4 Å². The molecule has 0 unspecified atom stereocenters. The number of methoxy groups -OCH3 is 2. The highest BCUT2D eigenvalue weighted by molar-refractivity contribution is 6.62. The van der Waals surface area contributed by atoms with Crippen molar-refractivity contribution in [1.29, 1.82) is 0 Å². The summed E-state index contributed by atoms with van der Waals surface area (Å²) in [6.45, 7) is 8.83. The molecule has 2 aromatic carbocycles. The molecule has 7 nitrogen and oxygen atoms in total. The minimum atomic E-state index is -0.628. The van der Waals surface area contributed by atoms with E-state index in [4.69, 9.17) is 23.8 Å². The van der Waals surface area contributed by atoms with Gasteiger partial charge in [0.1, 0.15) is 11.6 Å². The van der Waals surface area contributed by atoms with E-state index < -0.39 is 24.3 Å². The van der Waals surface area contributed by atoms with E-state index in [9.17, 15) is 4.79 Å². The molecule has 0 saturated carbocycles. The first kappa shape index (κ1) is 24.4. The lowest BCUT2D eigenvalue weighted by atomic mass is 9.78. The number of carbonyl (C=O) groups excluding carboxylic acids is 1. The molecule has 0 spiro atoms. The molecule has 0 radical (unpaired) electrons. The van der Waals surface area contributed by atoms with E-state index in [1.807, 2.05) is 38.3 Å². The fourth-order valence-corrected chi connectivity index (χ4v) is 3.99. The van der Waals surface area contributed by atoms with Crippen LogP contribution in [0.25, 0.3) is 11.0 Å². The number of halogens is 1. The molecule has 0 amide bonds. The van der Waals surface area contributed by atoms with Gasteiger partial charge in [-0.25, -0.2) is 14.2 Å². The van der Waals surface area contributed by atoms with Gasteiger partial charge in [0, 0.05) is 20.1 Å². The molecule has 0 bridgehead atoms. The summed E-state index contributed by atoms with van der Waals surface area (Å²) in [7, 11) is 2.33. The Morgan fingerprint density at radius 3 is 2.41 bits per heavy atom. The van der Waals surface area contributed by atoms with E-state index in [0.29, 0.717) is 41.1 Å². The van der Waals surface area contributed by atoms with Crippen molar-refractivity contribution in [3.8, 4) is 0 Å². The number of hydrogen-bond acceptors (Lipinski definition) is 6. The fourth-order valence-electron chi connectivity index (χ4n) is 3.99. The number of benzene rings is 2. The zero-order valence-corrected chi connectivity index (χ0v) is 20.5. The van der Waals surface area contributed by atoms with Gasteiger partial charge >= 0.3 is 13.1 Å². The van der Waals surface area contributed by atoms with Crippen LogP contribution in [0.1, 0.15) is 49.4 Å². The zero-order valence-electron chi connectivity index (χ0n) is 20.5. The van der Waals surface area contributed by atoms with E-state index in [1.165, 1.54) is 13.2 Å². The van der Waals surface area contributed by atoms with Gasteiger partial charge in [-0.15, -0.1) is 0 Å². The van der Waals surface area contributed by atoms with Crippen molar-refractivity contribution in [2.24, 2.45) is 0 Å². The highest BCUT2D eigenvalue weighted by Gasteiger charge is 2.51. The molecule has 0 N–H and O–H groups in total. The number of fused-ring (bicyclic) bond motifs is 1. The number of rotatable bonds is 7. The van der Waals surface area contributed by atoms with Crippen LogP contribution < -0.4 is 5.46 Å². The van der Waals surface area contributed by atoms with Crippen LogP contribution in [0.15, 0.2) is 36.4 Å². The normalized spacial score (nSPS) is 16.9. The molecule has 9 heteroatoms. The topological polar surface area (TPSA) is 71.8 Å². The van der Waals surface area contributed by atoms with Crippen molar-refractivity contribution in [2.45, 2.75) is 51.9 Å². The Morgan fingerprint density at radius 2 is 1.79 bits per heavy atom. The molecule has 34 heavy (non-hydrogen) atoms. The number of aromatic nitrogens is 2. The summed E-state index contributed by atoms with van der Waals surface area (Å²) in [5.41, 5.74) is 2.05. The van der Waals surface area contributed by atoms with Crippen LogP contribution in [0.3, 0.4) is 0 Å². The molecule has 4 rings (SSSR count). The molecule has 180 valence electrons. The monoisotopic (exact) mass is 468 g/mol. The molecule has 2 heterocycles. The van der Waals surface area contributed by atoms with Gasteiger partial charge in [-0.1, -0.05) is 12.1 Å². The van der Waals surface area contributed by atoms with Crippen molar-refractivity contribution in [2.75, 3.05) is 20.8 Å². The summed E-state index contributed by atoms with van der Waals surface area (Å²) < 4.78 is 39.3. The summed E-state index contributed by atoms with van der Waals surface area (Å²) in [5, 5.41) is 0. The summed E-state index contributed by atoms with van der Waals surface area (Å²) in [4.78, 5) is 16.7. The first-order valence-electron chi connectivity index (χ1n) is 11.3. The Labute approximate surface area is 199 Å². The number of hydrogen-bond donors (Lipinski definition) is 0. The van der Waals surface area contributed by atoms with Gasteiger partial charge in [0.25, 0.3) is 0 Å². The van der Waals surface area contributed by atoms with Gasteiger partial charge in [0.2, 0.25) is 0 Å². The highest BCUT2D eigenvalue weighted by Crippen LogP contribution is 2.36. The molecule has 3 aromatic rings. The maximum atomic E-state index is 15.2. The second-order valence-electron chi connectivity index (χ2n) is 9.48. The largest absolute Gasteiger partial charge is 0.494 e. The quantitative estimate of drug-likeness (QED) is 0.391. The highest BCUT2D eigenvalue weighted by atomic mass is 19.1. The fraction of sp³-hybridized carbons (Fsp3) is 0.440. The maximum Gasteiger partial charge on any atom is 0.494 e. The number of carbonyl (C=O) groups is 1. The molecule has 0 aliphatic carbocycles. The third-order valence-corrected chi connectivity index (χ3v) is 6.72. The number of imidazole rings is 1. The predicted octanol–water partition coefficient (Wildman–Crippen LogP) is 3.50. The molecular weight excluding hydrogens is 438 g/mol. The van der Waals surface area contributed by atoms with Crippen LogP contribution in [0.2, 0.25) is 0 Å². The second kappa shape index (κ2) is 9.13. The van der Waals surface area contributed by atoms with Gasteiger partial charge in [-0.2, -0.15) is 0 Å². The summed E-state index contributed by atoms with van der Waals surface area (Å²) in [6.07, 6.45) is 0.279. The minimum absolute atomic E-state index is 0.279. The standard InChI is InChI=1S/C25H30BFN2O5/c1-24(2)25(3,4)34-26(33-24)18-9-7-16(19(27)15-18)14-22-28-20-10-8-17(23(30)32-6)13-21(20)29(22)11-12-31-5/h7-10,13,15H,11-12,14H2,1-6H3. The van der Waals surface area contributed by atoms with Crippen LogP contribution in [0, 0.1) is 5.82 Å². The van der Waals surface area contributed by atoms with E-state index in [2.05, 4.69) is 0 Å².